The molecule has 1 saturated heterocycles. The number of carbonyl (C=O) groups excluding carboxylic acids is 1. The highest BCUT2D eigenvalue weighted by atomic mass is 16.1. The Bertz CT molecular complexity index is 355. The lowest BCUT2D eigenvalue weighted by Gasteiger charge is -2.26. The van der Waals surface area contributed by atoms with Crippen LogP contribution in [0.3, 0.4) is 0 Å². The number of nitrogens with one attached hydrogen (secondary N) is 1. The Morgan fingerprint density at radius 3 is 2.81 bits per heavy atom. The van der Waals surface area contributed by atoms with Gasteiger partial charge in [-0.2, -0.15) is 0 Å². The Balaban J connectivity index is 1.84. The molecule has 0 amide bonds. The van der Waals surface area contributed by atoms with Crippen molar-refractivity contribution in [3.8, 4) is 0 Å². The van der Waals surface area contributed by atoms with Crippen molar-refractivity contribution >= 4 is 5.78 Å². The molecule has 86 valence electrons. The number of aromatic nitrogens is 1. The summed E-state index contributed by atoms with van der Waals surface area (Å²) < 4.78 is 0. The van der Waals surface area contributed by atoms with Gasteiger partial charge in [-0.1, -0.05) is 13.0 Å². The number of hydrogen-bond donors (Lipinski definition) is 1. The highest BCUT2D eigenvalue weighted by Crippen LogP contribution is 2.11. The van der Waals surface area contributed by atoms with Gasteiger partial charge in [0, 0.05) is 24.7 Å². The standard InChI is InChI=1S/C13H18N2O/c1-2-10-3-4-12(15-9-10)6-13(16)5-11-7-14-8-11/h3-4,9,11,14H,2,5-8H2,1H3. The molecule has 0 spiro atoms. The fourth-order valence-corrected chi connectivity index (χ4v) is 1.86. The molecule has 0 bridgehead atoms. The average molecular weight is 218 g/mol. The second-order valence-corrected chi connectivity index (χ2v) is 4.46. The van der Waals surface area contributed by atoms with E-state index in [1.807, 2.05) is 12.3 Å². The summed E-state index contributed by atoms with van der Waals surface area (Å²) in [5.74, 6) is 0.866. The molecule has 0 radical (unpaired) electrons. The number of Topliss-reactive ketones (excluding diaryl/α,β-unsaturated/α-hetero) is 1. The van der Waals surface area contributed by atoms with Crippen molar-refractivity contribution in [3.05, 3.63) is 29.6 Å². The molecule has 1 N–H and O–H groups in total. The Labute approximate surface area is 96.3 Å². The van der Waals surface area contributed by atoms with Gasteiger partial charge in [0.15, 0.2) is 0 Å². The maximum absolute atomic E-state index is 11.7. The van der Waals surface area contributed by atoms with E-state index in [0.29, 0.717) is 24.5 Å². The van der Waals surface area contributed by atoms with E-state index in [2.05, 4.69) is 23.3 Å². The van der Waals surface area contributed by atoms with Crippen LogP contribution in [0, 0.1) is 5.92 Å². The third kappa shape index (κ3) is 2.89. The molecule has 1 aliphatic rings. The van der Waals surface area contributed by atoms with Crippen molar-refractivity contribution in [1.82, 2.24) is 10.3 Å². The van der Waals surface area contributed by atoms with Gasteiger partial charge in [0.05, 0.1) is 0 Å². The first kappa shape index (κ1) is 11.3. The first-order chi connectivity index (χ1) is 7.78. The highest BCUT2D eigenvalue weighted by Gasteiger charge is 2.20. The summed E-state index contributed by atoms with van der Waals surface area (Å²) in [5.41, 5.74) is 2.12. The highest BCUT2D eigenvalue weighted by molar-refractivity contribution is 5.80. The minimum Gasteiger partial charge on any atom is -0.316 e. The third-order valence-electron chi connectivity index (χ3n) is 3.05. The van der Waals surface area contributed by atoms with E-state index < -0.39 is 0 Å². The molecular weight excluding hydrogens is 200 g/mol. The van der Waals surface area contributed by atoms with Gasteiger partial charge in [-0.25, -0.2) is 0 Å². The van der Waals surface area contributed by atoms with E-state index in [1.165, 1.54) is 5.56 Å². The summed E-state index contributed by atoms with van der Waals surface area (Å²) in [6, 6.07) is 4.02. The fourth-order valence-electron chi connectivity index (χ4n) is 1.86. The Hall–Kier alpha value is -1.22. The number of nitrogens with zero attached hydrogens (tertiary/aromatic N) is 1. The number of rotatable bonds is 5. The van der Waals surface area contributed by atoms with E-state index in [4.69, 9.17) is 0 Å². The largest absolute Gasteiger partial charge is 0.316 e. The summed E-state index contributed by atoms with van der Waals surface area (Å²) in [6.45, 7) is 4.09. The number of pyridine rings is 1. The molecule has 0 aromatic carbocycles. The number of aryl methyl sites for hydroxylation is 1. The molecule has 2 heterocycles. The second kappa shape index (κ2) is 5.21. The van der Waals surface area contributed by atoms with Gasteiger partial charge in [-0.05, 0) is 37.1 Å². The fraction of sp³-hybridized carbons (Fsp3) is 0.538. The lowest BCUT2D eigenvalue weighted by atomic mass is 9.95. The molecule has 3 nitrogen and oxygen atoms in total. The van der Waals surface area contributed by atoms with Crippen LogP contribution in [0.15, 0.2) is 18.3 Å². The normalized spacial score (nSPS) is 15.8. The van der Waals surface area contributed by atoms with Crippen LogP contribution in [0.2, 0.25) is 0 Å². The molecular formula is C13H18N2O. The zero-order valence-corrected chi connectivity index (χ0v) is 9.70. The molecule has 0 atom stereocenters. The van der Waals surface area contributed by atoms with E-state index in [1.54, 1.807) is 0 Å². The molecule has 2 rings (SSSR count). The molecule has 0 aliphatic carbocycles. The number of ketones is 1. The molecule has 16 heavy (non-hydrogen) atoms. The Kier molecular flexibility index (Phi) is 3.67. The maximum Gasteiger partial charge on any atom is 0.139 e. The average Bonchev–Trinajstić information content (AvgIpc) is 2.25. The van der Waals surface area contributed by atoms with Crippen LogP contribution in [0.5, 0.6) is 0 Å². The van der Waals surface area contributed by atoms with Crippen LogP contribution in [-0.2, 0) is 17.6 Å². The van der Waals surface area contributed by atoms with Crippen LogP contribution in [0.25, 0.3) is 0 Å². The zero-order valence-electron chi connectivity index (χ0n) is 9.70. The molecule has 1 fully saturated rings. The van der Waals surface area contributed by atoms with Gasteiger partial charge in [0.2, 0.25) is 0 Å². The molecule has 0 saturated carbocycles. The number of carbonyl (C=O) groups is 1. The molecule has 3 heteroatoms. The van der Waals surface area contributed by atoms with Crippen molar-refractivity contribution in [2.75, 3.05) is 13.1 Å². The van der Waals surface area contributed by atoms with E-state index in [-0.39, 0.29) is 0 Å². The number of hydrogen-bond acceptors (Lipinski definition) is 3. The van der Waals surface area contributed by atoms with Crippen LogP contribution < -0.4 is 5.32 Å². The van der Waals surface area contributed by atoms with Crippen LogP contribution >= 0.6 is 0 Å². The van der Waals surface area contributed by atoms with Gasteiger partial charge in [-0.3, -0.25) is 9.78 Å². The molecule has 1 aromatic heterocycles. The molecule has 1 aromatic rings. The van der Waals surface area contributed by atoms with Crippen molar-refractivity contribution in [2.45, 2.75) is 26.2 Å². The van der Waals surface area contributed by atoms with E-state index >= 15 is 0 Å². The van der Waals surface area contributed by atoms with Crippen LogP contribution in [-0.4, -0.2) is 23.9 Å². The molecule has 1 aliphatic heterocycles. The summed E-state index contributed by atoms with van der Waals surface area (Å²) in [4.78, 5) is 16.0. The van der Waals surface area contributed by atoms with Crippen LogP contribution in [0.1, 0.15) is 24.6 Å². The summed E-state index contributed by atoms with van der Waals surface area (Å²) >= 11 is 0. The monoisotopic (exact) mass is 218 g/mol. The first-order valence-electron chi connectivity index (χ1n) is 5.94. The smallest absolute Gasteiger partial charge is 0.139 e. The van der Waals surface area contributed by atoms with Gasteiger partial charge in [-0.15, -0.1) is 0 Å². The summed E-state index contributed by atoms with van der Waals surface area (Å²) in [6.07, 6.45) is 4.05. The minimum atomic E-state index is 0.309. The SMILES string of the molecule is CCc1ccc(CC(=O)CC2CNC2)nc1. The van der Waals surface area contributed by atoms with Gasteiger partial charge in [0.1, 0.15) is 5.78 Å². The summed E-state index contributed by atoms with van der Waals surface area (Å²) in [7, 11) is 0. The lowest BCUT2D eigenvalue weighted by molar-refractivity contribution is -0.119. The topological polar surface area (TPSA) is 42.0 Å². The van der Waals surface area contributed by atoms with Gasteiger partial charge < -0.3 is 5.32 Å². The predicted octanol–water partition coefficient (Wildman–Crippen LogP) is 1.37. The van der Waals surface area contributed by atoms with E-state index in [0.717, 1.165) is 25.2 Å². The second-order valence-electron chi connectivity index (χ2n) is 4.46. The van der Waals surface area contributed by atoms with Crippen molar-refractivity contribution in [3.63, 3.8) is 0 Å². The zero-order chi connectivity index (χ0) is 11.4. The van der Waals surface area contributed by atoms with Crippen LogP contribution in [0.4, 0.5) is 0 Å². The van der Waals surface area contributed by atoms with Crippen molar-refractivity contribution in [1.29, 1.82) is 0 Å². The Morgan fingerprint density at radius 1 is 1.50 bits per heavy atom. The van der Waals surface area contributed by atoms with Crippen molar-refractivity contribution in [2.24, 2.45) is 5.92 Å². The van der Waals surface area contributed by atoms with Crippen molar-refractivity contribution < 1.29 is 4.79 Å². The lowest BCUT2D eigenvalue weighted by Crippen LogP contribution is -2.43. The minimum absolute atomic E-state index is 0.309. The third-order valence-corrected chi connectivity index (χ3v) is 3.05. The molecule has 0 unspecified atom stereocenters. The van der Waals surface area contributed by atoms with Gasteiger partial charge in [0.25, 0.3) is 0 Å². The Morgan fingerprint density at radius 2 is 2.31 bits per heavy atom. The summed E-state index contributed by atoms with van der Waals surface area (Å²) in [5, 5.41) is 3.18. The quantitative estimate of drug-likeness (QED) is 0.811. The first-order valence-corrected chi connectivity index (χ1v) is 5.94. The maximum atomic E-state index is 11.7. The predicted molar refractivity (Wildman–Crippen MR) is 63.3 cm³/mol. The van der Waals surface area contributed by atoms with E-state index in [9.17, 15) is 4.79 Å². The van der Waals surface area contributed by atoms with Gasteiger partial charge >= 0.3 is 0 Å².